The zero-order valence-electron chi connectivity index (χ0n) is 24.5. The van der Waals surface area contributed by atoms with Crippen LogP contribution in [0.3, 0.4) is 0 Å². The molecule has 216 valence electrons. The van der Waals surface area contributed by atoms with Crippen LogP contribution < -0.4 is 0 Å². The summed E-state index contributed by atoms with van der Waals surface area (Å²) in [6.45, 7) is 0. The minimum Gasteiger partial charge on any atom is -0.372 e. The Morgan fingerprint density at radius 1 is 0.256 bits per heavy atom. The van der Waals surface area contributed by atoms with Crippen molar-refractivity contribution >= 4 is 0 Å². The zero-order chi connectivity index (χ0) is 25.4. The molecule has 0 saturated heterocycles. The predicted molar refractivity (Wildman–Crippen MR) is 151 cm³/mol. The van der Waals surface area contributed by atoms with E-state index in [2.05, 4.69) is 0 Å². The molecule has 13 aliphatic rings. The minimum atomic E-state index is 0.202. The Morgan fingerprint density at radius 2 is 0.436 bits per heavy atom. The first-order valence-electron chi connectivity index (χ1n) is 18.0. The summed E-state index contributed by atoms with van der Waals surface area (Å²) < 4.78 is 22.3. The SMILES string of the molecule is C1C2CC3CC1CC(OC1CC(OC45CC6CC(CC(C6)C4)C5)CC(OC45CC6CC(CC(C6)C4)C5)C1)(C2)C3. The highest BCUT2D eigenvalue weighted by molar-refractivity contribution is 5.07. The van der Waals surface area contributed by atoms with Gasteiger partial charge in [0.25, 0.3) is 0 Å². The summed E-state index contributed by atoms with van der Waals surface area (Å²) in [4.78, 5) is 0. The van der Waals surface area contributed by atoms with Crippen LogP contribution in [0.25, 0.3) is 0 Å². The van der Waals surface area contributed by atoms with Gasteiger partial charge in [0.1, 0.15) is 0 Å². The van der Waals surface area contributed by atoms with Crippen LogP contribution in [0.15, 0.2) is 0 Å². The van der Waals surface area contributed by atoms with Crippen molar-refractivity contribution in [1.82, 2.24) is 0 Å². The summed E-state index contributed by atoms with van der Waals surface area (Å²) in [6, 6.07) is 0. The van der Waals surface area contributed by atoms with E-state index in [1.165, 1.54) is 116 Å². The van der Waals surface area contributed by atoms with Gasteiger partial charge in [0.05, 0.1) is 35.1 Å². The van der Waals surface area contributed by atoms with Crippen LogP contribution in [0.2, 0.25) is 0 Å². The van der Waals surface area contributed by atoms with Gasteiger partial charge in [-0.3, -0.25) is 0 Å². The minimum absolute atomic E-state index is 0.202. The van der Waals surface area contributed by atoms with Crippen LogP contribution in [-0.2, 0) is 14.2 Å². The largest absolute Gasteiger partial charge is 0.372 e. The van der Waals surface area contributed by atoms with Gasteiger partial charge in [-0.1, -0.05) is 0 Å². The van der Waals surface area contributed by atoms with E-state index in [0.717, 1.165) is 72.5 Å². The fourth-order valence-corrected chi connectivity index (χ4v) is 15.0. The molecule has 13 rings (SSSR count). The van der Waals surface area contributed by atoms with Gasteiger partial charge in [-0.05, 0) is 169 Å². The van der Waals surface area contributed by atoms with Crippen molar-refractivity contribution in [3.8, 4) is 0 Å². The molecule has 0 radical (unpaired) electrons. The van der Waals surface area contributed by atoms with Gasteiger partial charge in [0.2, 0.25) is 0 Å². The van der Waals surface area contributed by atoms with Gasteiger partial charge in [-0.15, -0.1) is 0 Å². The molecule has 13 fully saturated rings. The fourth-order valence-electron chi connectivity index (χ4n) is 15.0. The van der Waals surface area contributed by atoms with Crippen LogP contribution in [0.1, 0.15) is 135 Å². The lowest BCUT2D eigenvalue weighted by Gasteiger charge is -2.59. The number of hydrogen-bond donors (Lipinski definition) is 0. The first-order valence-corrected chi connectivity index (χ1v) is 18.0. The molecule has 39 heavy (non-hydrogen) atoms. The highest BCUT2D eigenvalue weighted by Gasteiger charge is 2.57. The molecule has 3 nitrogen and oxygen atoms in total. The van der Waals surface area contributed by atoms with E-state index in [1.807, 2.05) is 0 Å². The van der Waals surface area contributed by atoms with Gasteiger partial charge in [-0.2, -0.15) is 0 Å². The third-order valence-corrected chi connectivity index (χ3v) is 14.8. The number of hydrogen-bond acceptors (Lipinski definition) is 3. The molecule has 0 atom stereocenters. The summed E-state index contributed by atoms with van der Waals surface area (Å²) in [5.74, 6) is 8.61. The maximum Gasteiger partial charge on any atom is 0.0694 e. The zero-order valence-corrected chi connectivity index (χ0v) is 24.5. The summed E-state index contributed by atoms with van der Waals surface area (Å²) in [5.41, 5.74) is 0.605. The van der Waals surface area contributed by atoms with Gasteiger partial charge in [-0.25, -0.2) is 0 Å². The molecule has 0 heterocycles. The molecule has 0 spiro atoms. The Balaban J connectivity index is 0.906. The van der Waals surface area contributed by atoms with Crippen LogP contribution in [0.4, 0.5) is 0 Å². The highest BCUT2D eigenvalue weighted by atomic mass is 16.5. The Labute approximate surface area is 237 Å². The molecule has 0 amide bonds. The van der Waals surface area contributed by atoms with E-state index in [1.54, 1.807) is 0 Å². The topological polar surface area (TPSA) is 27.7 Å². The van der Waals surface area contributed by atoms with Crippen molar-refractivity contribution in [3.05, 3.63) is 0 Å². The van der Waals surface area contributed by atoms with Crippen molar-refractivity contribution in [2.75, 3.05) is 0 Å². The first kappa shape index (κ1) is 24.3. The second-order valence-corrected chi connectivity index (χ2v) is 18.2. The quantitative estimate of drug-likeness (QED) is 0.343. The third kappa shape index (κ3) is 4.19. The third-order valence-electron chi connectivity index (χ3n) is 14.8. The predicted octanol–water partition coefficient (Wildman–Crippen LogP) is 8.23. The molecule has 0 N–H and O–H groups in total. The van der Waals surface area contributed by atoms with E-state index in [-0.39, 0.29) is 16.8 Å². The molecule has 0 aromatic rings. The normalized spacial score (nSPS) is 61.8. The molecule has 0 unspecified atom stereocenters. The van der Waals surface area contributed by atoms with Crippen molar-refractivity contribution in [2.45, 2.75) is 170 Å². The summed E-state index contributed by atoms with van der Waals surface area (Å²) >= 11 is 0. The Kier molecular flexibility index (Phi) is 5.30. The van der Waals surface area contributed by atoms with Gasteiger partial charge >= 0.3 is 0 Å². The van der Waals surface area contributed by atoms with Gasteiger partial charge in [0.15, 0.2) is 0 Å². The van der Waals surface area contributed by atoms with Crippen LogP contribution in [0, 0.1) is 53.3 Å². The van der Waals surface area contributed by atoms with Crippen LogP contribution in [0.5, 0.6) is 0 Å². The molecule has 13 saturated carbocycles. The fraction of sp³-hybridized carbons (Fsp3) is 1.00. The molecule has 0 aromatic heterocycles. The van der Waals surface area contributed by atoms with E-state index >= 15 is 0 Å². The summed E-state index contributed by atoms with van der Waals surface area (Å²) in [7, 11) is 0. The molecule has 3 heteroatoms. The average molecular weight is 535 g/mol. The van der Waals surface area contributed by atoms with E-state index in [9.17, 15) is 0 Å². The summed E-state index contributed by atoms with van der Waals surface area (Å²) in [6.07, 6.45) is 30.2. The van der Waals surface area contributed by atoms with E-state index in [0.29, 0.717) is 18.3 Å². The number of ether oxygens (including phenoxy) is 3. The molecule has 13 aliphatic carbocycles. The van der Waals surface area contributed by atoms with Crippen molar-refractivity contribution in [3.63, 3.8) is 0 Å². The highest BCUT2D eigenvalue weighted by Crippen LogP contribution is 2.61. The molecule has 0 aromatic carbocycles. The Bertz CT molecular complexity index is 748. The standard InChI is InChI=1S/C36H54O3/c1-22-2-24-3-23(1)14-34(13-22,15-24)37-31-10-32(38-35-16-25-4-26(17-35)6-27(5-25)18-35)12-33(11-31)39-36-19-28-7-29(20-36)9-30(8-28)21-36/h22-33H,1-21H2. The van der Waals surface area contributed by atoms with Gasteiger partial charge in [0, 0.05) is 19.3 Å². The maximum atomic E-state index is 7.43. The second kappa shape index (κ2) is 8.49. The van der Waals surface area contributed by atoms with E-state index < -0.39 is 0 Å². The van der Waals surface area contributed by atoms with Crippen molar-refractivity contribution in [1.29, 1.82) is 0 Å². The van der Waals surface area contributed by atoms with Crippen LogP contribution in [-0.4, -0.2) is 35.1 Å². The average Bonchev–Trinajstić information content (AvgIpc) is 2.80. The van der Waals surface area contributed by atoms with Crippen molar-refractivity contribution in [2.24, 2.45) is 53.3 Å². The lowest BCUT2D eigenvalue weighted by molar-refractivity contribution is -0.253. The summed E-state index contributed by atoms with van der Waals surface area (Å²) in [5, 5.41) is 0. The maximum absolute atomic E-state index is 7.43. The number of rotatable bonds is 6. The van der Waals surface area contributed by atoms with Gasteiger partial charge < -0.3 is 14.2 Å². The Morgan fingerprint density at radius 3 is 0.615 bits per heavy atom. The smallest absolute Gasteiger partial charge is 0.0694 e. The second-order valence-electron chi connectivity index (χ2n) is 18.2. The molecular weight excluding hydrogens is 480 g/mol. The lowest BCUT2D eigenvalue weighted by atomic mass is 9.54. The Hall–Kier alpha value is -0.120. The first-order chi connectivity index (χ1) is 18.9. The molecule has 12 bridgehead atoms. The van der Waals surface area contributed by atoms with Crippen LogP contribution >= 0.6 is 0 Å². The van der Waals surface area contributed by atoms with E-state index in [4.69, 9.17) is 14.2 Å². The molecule has 0 aliphatic heterocycles. The van der Waals surface area contributed by atoms with Crippen molar-refractivity contribution < 1.29 is 14.2 Å². The lowest BCUT2D eigenvalue weighted by Crippen LogP contribution is -2.57. The molecular formula is C36H54O3. The monoisotopic (exact) mass is 534 g/mol.